The maximum atomic E-state index is 12.0. The molecule has 1 heterocycles. The Labute approximate surface area is 136 Å². The zero-order valence-corrected chi connectivity index (χ0v) is 14.1. The molecule has 6 nitrogen and oxygen atoms in total. The van der Waals surface area contributed by atoms with Crippen LogP contribution in [0.4, 0.5) is 11.8 Å². The summed E-state index contributed by atoms with van der Waals surface area (Å²) in [7, 11) is 3.49. The van der Waals surface area contributed by atoms with E-state index < -0.39 is 0 Å². The highest BCUT2D eigenvalue weighted by atomic mass is 16.2. The van der Waals surface area contributed by atoms with E-state index in [1.165, 1.54) is 0 Å². The van der Waals surface area contributed by atoms with Crippen LogP contribution in [0, 0.1) is 6.92 Å². The summed E-state index contributed by atoms with van der Waals surface area (Å²) in [4.78, 5) is 22.1. The molecule has 1 aromatic carbocycles. The number of aryl methyl sites for hydroxylation is 1. The van der Waals surface area contributed by atoms with Gasteiger partial charge in [0.05, 0.1) is 0 Å². The SMILES string of the molecule is CCc1c(C)nc(N)nc1NCc1cccc(C(=O)N(C)C)c1. The van der Waals surface area contributed by atoms with Gasteiger partial charge in [-0.1, -0.05) is 19.1 Å². The van der Waals surface area contributed by atoms with Crippen molar-refractivity contribution >= 4 is 17.7 Å². The Morgan fingerprint density at radius 1 is 1.30 bits per heavy atom. The summed E-state index contributed by atoms with van der Waals surface area (Å²) >= 11 is 0. The maximum absolute atomic E-state index is 12.0. The number of hydrogen-bond donors (Lipinski definition) is 2. The van der Waals surface area contributed by atoms with Crippen LogP contribution in [0.1, 0.15) is 34.1 Å². The number of nitrogens with two attached hydrogens (primary N) is 1. The van der Waals surface area contributed by atoms with E-state index in [-0.39, 0.29) is 11.9 Å². The van der Waals surface area contributed by atoms with Gasteiger partial charge in [0.25, 0.3) is 5.91 Å². The number of rotatable bonds is 5. The summed E-state index contributed by atoms with van der Waals surface area (Å²) in [5.41, 5.74) is 9.36. The third-order valence-electron chi connectivity index (χ3n) is 3.62. The van der Waals surface area contributed by atoms with E-state index in [0.29, 0.717) is 12.1 Å². The molecule has 0 saturated carbocycles. The van der Waals surface area contributed by atoms with Crippen LogP contribution < -0.4 is 11.1 Å². The lowest BCUT2D eigenvalue weighted by Gasteiger charge is -2.14. The average Bonchev–Trinajstić information content (AvgIpc) is 2.52. The van der Waals surface area contributed by atoms with Gasteiger partial charge in [-0.15, -0.1) is 0 Å². The molecular weight excluding hydrogens is 290 g/mol. The highest BCUT2D eigenvalue weighted by Gasteiger charge is 2.10. The number of nitrogens with one attached hydrogen (secondary N) is 1. The Morgan fingerprint density at radius 3 is 2.70 bits per heavy atom. The van der Waals surface area contributed by atoms with Crippen molar-refractivity contribution in [1.82, 2.24) is 14.9 Å². The predicted octanol–water partition coefficient (Wildman–Crippen LogP) is 2.24. The molecule has 6 heteroatoms. The van der Waals surface area contributed by atoms with Crippen LogP contribution in [0.5, 0.6) is 0 Å². The molecule has 23 heavy (non-hydrogen) atoms. The van der Waals surface area contributed by atoms with Gasteiger partial charge in [-0.25, -0.2) is 4.98 Å². The van der Waals surface area contributed by atoms with Gasteiger partial charge in [-0.3, -0.25) is 4.79 Å². The zero-order chi connectivity index (χ0) is 17.0. The minimum Gasteiger partial charge on any atom is -0.368 e. The molecule has 3 N–H and O–H groups in total. The molecule has 2 rings (SSSR count). The molecule has 0 spiro atoms. The molecule has 0 aliphatic rings. The number of carbonyl (C=O) groups excluding carboxylic acids is 1. The van der Waals surface area contributed by atoms with Gasteiger partial charge in [0.2, 0.25) is 5.95 Å². The molecule has 0 aliphatic heterocycles. The standard InChI is InChI=1S/C17H23N5O/c1-5-14-11(2)20-17(18)21-15(14)19-10-12-7-6-8-13(9-12)16(23)22(3)4/h6-9H,5,10H2,1-4H3,(H3,18,19,20,21). The first-order chi connectivity index (χ1) is 10.9. The van der Waals surface area contributed by atoms with Crippen molar-refractivity contribution in [2.24, 2.45) is 0 Å². The number of anilines is 2. The topological polar surface area (TPSA) is 84.1 Å². The van der Waals surface area contributed by atoms with Crippen LogP contribution in [-0.2, 0) is 13.0 Å². The molecule has 0 aliphatic carbocycles. The van der Waals surface area contributed by atoms with Crippen molar-refractivity contribution in [3.8, 4) is 0 Å². The van der Waals surface area contributed by atoms with Gasteiger partial charge in [-0.05, 0) is 31.0 Å². The van der Waals surface area contributed by atoms with E-state index in [1.807, 2.05) is 31.2 Å². The lowest BCUT2D eigenvalue weighted by atomic mass is 10.1. The first kappa shape index (κ1) is 16.7. The van der Waals surface area contributed by atoms with E-state index in [1.54, 1.807) is 19.0 Å². The van der Waals surface area contributed by atoms with Gasteiger partial charge in [-0.2, -0.15) is 4.98 Å². The van der Waals surface area contributed by atoms with Crippen LogP contribution in [0.15, 0.2) is 24.3 Å². The number of amides is 1. The van der Waals surface area contributed by atoms with Crippen molar-refractivity contribution in [2.45, 2.75) is 26.8 Å². The van der Waals surface area contributed by atoms with Crippen molar-refractivity contribution < 1.29 is 4.79 Å². The van der Waals surface area contributed by atoms with Crippen LogP contribution >= 0.6 is 0 Å². The summed E-state index contributed by atoms with van der Waals surface area (Å²) in [5, 5.41) is 3.30. The Bertz CT molecular complexity index is 712. The number of benzene rings is 1. The monoisotopic (exact) mass is 313 g/mol. The largest absolute Gasteiger partial charge is 0.368 e. The Hall–Kier alpha value is -2.63. The molecule has 0 fully saturated rings. The molecule has 122 valence electrons. The van der Waals surface area contributed by atoms with Crippen molar-refractivity contribution in [2.75, 3.05) is 25.1 Å². The number of carbonyl (C=O) groups is 1. The molecule has 1 amide bonds. The Morgan fingerprint density at radius 2 is 2.04 bits per heavy atom. The second-order valence-corrected chi connectivity index (χ2v) is 5.60. The molecule has 0 radical (unpaired) electrons. The first-order valence-corrected chi connectivity index (χ1v) is 7.59. The Kier molecular flexibility index (Phi) is 5.16. The maximum Gasteiger partial charge on any atom is 0.253 e. The number of nitrogen functional groups attached to an aromatic ring is 1. The molecule has 0 bridgehead atoms. The predicted molar refractivity (Wildman–Crippen MR) is 92.3 cm³/mol. The van der Waals surface area contributed by atoms with E-state index in [2.05, 4.69) is 22.2 Å². The first-order valence-electron chi connectivity index (χ1n) is 7.59. The minimum absolute atomic E-state index is 0.0109. The summed E-state index contributed by atoms with van der Waals surface area (Å²) in [6.07, 6.45) is 0.827. The molecular formula is C17H23N5O. The number of aromatic nitrogens is 2. The van der Waals surface area contributed by atoms with Crippen molar-refractivity contribution in [3.05, 3.63) is 46.6 Å². The molecule has 1 aromatic heterocycles. The van der Waals surface area contributed by atoms with Gasteiger partial charge in [0.15, 0.2) is 0 Å². The lowest BCUT2D eigenvalue weighted by molar-refractivity contribution is 0.0827. The molecule has 2 aromatic rings. The van der Waals surface area contributed by atoms with Gasteiger partial charge in [0, 0.05) is 37.5 Å². The summed E-state index contributed by atoms with van der Waals surface area (Å²) < 4.78 is 0. The van der Waals surface area contributed by atoms with Gasteiger partial charge < -0.3 is 16.0 Å². The fraction of sp³-hybridized carbons (Fsp3) is 0.353. The van der Waals surface area contributed by atoms with Crippen LogP contribution in [0.25, 0.3) is 0 Å². The quantitative estimate of drug-likeness (QED) is 0.884. The van der Waals surface area contributed by atoms with E-state index >= 15 is 0 Å². The fourth-order valence-electron chi connectivity index (χ4n) is 2.45. The average molecular weight is 313 g/mol. The zero-order valence-electron chi connectivity index (χ0n) is 14.1. The third kappa shape index (κ3) is 3.97. The highest BCUT2D eigenvalue weighted by molar-refractivity contribution is 5.94. The van der Waals surface area contributed by atoms with Crippen molar-refractivity contribution in [1.29, 1.82) is 0 Å². The fourth-order valence-corrected chi connectivity index (χ4v) is 2.45. The van der Waals surface area contributed by atoms with Crippen LogP contribution in [0.3, 0.4) is 0 Å². The van der Waals surface area contributed by atoms with Crippen molar-refractivity contribution in [3.63, 3.8) is 0 Å². The number of hydrogen-bond acceptors (Lipinski definition) is 5. The van der Waals surface area contributed by atoms with E-state index in [0.717, 1.165) is 29.1 Å². The molecule has 0 saturated heterocycles. The summed E-state index contributed by atoms with van der Waals surface area (Å²) in [6, 6.07) is 7.56. The van der Waals surface area contributed by atoms with E-state index in [4.69, 9.17) is 5.73 Å². The Balaban J connectivity index is 2.19. The summed E-state index contributed by atoms with van der Waals surface area (Å²) in [5.74, 6) is 1.00. The second kappa shape index (κ2) is 7.09. The second-order valence-electron chi connectivity index (χ2n) is 5.60. The van der Waals surface area contributed by atoms with Gasteiger partial charge >= 0.3 is 0 Å². The normalized spacial score (nSPS) is 10.4. The summed E-state index contributed by atoms with van der Waals surface area (Å²) in [6.45, 7) is 4.55. The smallest absolute Gasteiger partial charge is 0.253 e. The minimum atomic E-state index is -0.0109. The molecule has 0 atom stereocenters. The lowest BCUT2D eigenvalue weighted by Crippen LogP contribution is -2.21. The van der Waals surface area contributed by atoms with Gasteiger partial charge in [0.1, 0.15) is 5.82 Å². The van der Waals surface area contributed by atoms with Crippen LogP contribution in [-0.4, -0.2) is 34.9 Å². The molecule has 0 unspecified atom stereocenters. The van der Waals surface area contributed by atoms with E-state index in [9.17, 15) is 4.79 Å². The third-order valence-corrected chi connectivity index (χ3v) is 3.62. The highest BCUT2D eigenvalue weighted by Crippen LogP contribution is 2.19. The number of nitrogens with zero attached hydrogens (tertiary/aromatic N) is 3. The van der Waals surface area contributed by atoms with Crippen LogP contribution in [0.2, 0.25) is 0 Å².